The molecule has 1 unspecified atom stereocenters. The van der Waals surface area contributed by atoms with Crippen LogP contribution < -0.4 is 5.32 Å². The number of rotatable bonds is 7. The Morgan fingerprint density at radius 2 is 2.21 bits per heavy atom. The molecule has 0 spiro atoms. The fraction of sp³-hybridized carbons (Fsp3) is 0.800. The van der Waals surface area contributed by atoms with Crippen LogP contribution >= 0.6 is 0 Å². The Bertz CT molecular complexity index is 358. The lowest BCUT2D eigenvalue weighted by Crippen LogP contribution is -2.19. The van der Waals surface area contributed by atoms with Crippen LogP contribution in [-0.2, 0) is 11.3 Å². The molecule has 0 amide bonds. The van der Waals surface area contributed by atoms with Gasteiger partial charge in [-0.05, 0) is 31.7 Å². The molecule has 1 aliphatic carbocycles. The number of hydrogen-bond acceptors (Lipinski definition) is 3. The van der Waals surface area contributed by atoms with Gasteiger partial charge in [0, 0.05) is 25.5 Å². The number of nitrogens with zero attached hydrogens (tertiary/aromatic N) is 1. The van der Waals surface area contributed by atoms with Crippen LogP contribution in [0.5, 0.6) is 0 Å². The highest BCUT2D eigenvalue weighted by Gasteiger charge is 2.26. The maximum atomic E-state index is 5.70. The number of H-pyrrole nitrogens is 1. The molecule has 2 N–H and O–H groups in total. The molecule has 1 aliphatic rings. The molecule has 0 aliphatic heterocycles. The highest BCUT2D eigenvalue weighted by Crippen LogP contribution is 2.35. The molecule has 1 fully saturated rings. The van der Waals surface area contributed by atoms with Gasteiger partial charge in [-0.25, -0.2) is 4.98 Å². The Morgan fingerprint density at radius 3 is 2.89 bits per heavy atom. The van der Waals surface area contributed by atoms with Gasteiger partial charge in [0.05, 0.1) is 0 Å². The topological polar surface area (TPSA) is 49.9 Å². The van der Waals surface area contributed by atoms with E-state index < -0.39 is 0 Å². The fourth-order valence-corrected chi connectivity index (χ4v) is 2.98. The lowest BCUT2D eigenvalue weighted by molar-refractivity contribution is 0.0294. The predicted octanol–water partition coefficient (Wildman–Crippen LogP) is 3.18. The summed E-state index contributed by atoms with van der Waals surface area (Å²) >= 11 is 0. The zero-order chi connectivity index (χ0) is 13.5. The SMILES string of the molecule is CCCNCc1cnc(C(OC)C2CCCCC2)[nH]1. The van der Waals surface area contributed by atoms with Crippen molar-refractivity contribution >= 4 is 0 Å². The van der Waals surface area contributed by atoms with Gasteiger partial charge in [0.1, 0.15) is 11.9 Å². The van der Waals surface area contributed by atoms with Gasteiger partial charge in [0.25, 0.3) is 0 Å². The molecular formula is C15H27N3O. The fourth-order valence-electron chi connectivity index (χ4n) is 2.98. The Morgan fingerprint density at radius 1 is 1.42 bits per heavy atom. The van der Waals surface area contributed by atoms with Crippen molar-refractivity contribution in [2.75, 3.05) is 13.7 Å². The summed E-state index contributed by atoms with van der Waals surface area (Å²) in [5, 5.41) is 3.39. The van der Waals surface area contributed by atoms with E-state index in [-0.39, 0.29) is 6.10 Å². The maximum Gasteiger partial charge on any atom is 0.135 e. The monoisotopic (exact) mass is 265 g/mol. The number of imidazole rings is 1. The Labute approximate surface area is 116 Å². The van der Waals surface area contributed by atoms with Crippen molar-refractivity contribution in [1.29, 1.82) is 0 Å². The first-order valence-corrected chi connectivity index (χ1v) is 7.62. The first kappa shape index (κ1) is 14.5. The van der Waals surface area contributed by atoms with Gasteiger partial charge in [0.2, 0.25) is 0 Å². The molecule has 1 aromatic rings. The van der Waals surface area contributed by atoms with Crippen molar-refractivity contribution in [3.05, 3.63) is 17.7 Å². The maximum absolute atomic E-state index is 5.70. The quantitative estimate of drug-likeness (QED) is 0.744. The number of nitrogens with one attached hydrogen (secondary N) is 2. The predicted molar refractivity (Wildman–Crippen MR) is 76.9 cm³/mol. The van der Waals surface area contributed by atoms with E-state index in [0.29, 0.717) is 5.92 Å². The standard InChI is InChI=1S/C15H27N3O/c1-3-9-16-10-13-11-17-15(18-13)14(19-2)12-7-5-4-6-8-12/h11-12,14,16H,3-10H2,1-2H3,(H,17,18). The molecule has 1 atom stereocenters. The highest BCUT2D eigenvalue weighted by atomic mass is 16.5. The zero-order valence-corrected chi connectivity index (χ0v) is 12.2. The summed E-state index contributed by atoms with van der Waals surface area (Å²) in [5.74, 6) is 1.63. The summed E-state index contributed by atoms with van der Waals surface area (Å²) in [5.41, 5.74) is 1.15. The second kappa shape index (κ2) is 7.65. The molecule has 1 heterocycles. The normalized spacial score (nSPS) is 18.6. The van der Waals surface area contributed by atoms with Gasteiger partial charge in [0.15, 0.2) is 0 Å². The van der Waals surface area contributed by atoms with Crippen molar-refractivity contribution in [2.24, 2.45) is 5.92 Å². The van der Waals surface area contributed by atoms with Crippen LogP contribution in [0.4, 0.5) is 0 Å². The molecule has 0 saturated heterocycles. The van der Waals surface area contributed by atoms with Crippen LogP contribution in [0.1, 0.15) is 63.1 Å². The zero-order valence-electron chi connectivity index (χ0n) is 12.2. The summed E-state index contributed by atoms with van der Waals surface area (Å²) in [7, 11) is 1.80. The molecule has 4 heteroatoms. The van der Waals surface area contributed by atoms with Crippen molar-refractivity contribution in [3.63, 3.8) is 0 Å². The van der Waals surface area contributed by atoms with Gasteiger partial charge in [-0.1, -0.05) is 26.2 Å². The van der Waals surface area contributed by atoms with Crippen molar-refractivity contribution in [3.8, 4) is 0 Å². The van der Waals surface area contributed by atoms with Crippen LogP contribution in [0, 0.1) is 5.92 Å². The van der Waals surface area contributed by atoms with E-state index in [1.165, 1.54) is 32.1 Å². The number of ether oxygens (including phenoxy) is 1. The van der Waals surface area contributed by atoms with E-state index in [9.17, 15) is 0 Å². The van der Waals surface area contributed by atoms with E-state index in [4.69, 9.17) is 4.74 Å². The minimum absolute atomic E-state index is 0.139. The molecule has 2 rings (SSSR count). The second-order valence-electron chi connectivity index (χ2n) is 5.52. The average Bonchev–Trinajstić information content (AvgIpc) is 2.90. The van der Waals surface area contributed by atoms with Gasteiger partial charge in [-0.15, -0.1) is 0 Å². The molecule has 1 aromatic heterocycles. The minimum atomic E-state index is 0.139. The van der Waals surface area contributed by atoms with E-state index in [1.807, 2.05) is 6.20 Å². The number of methoxy groups -OCH3 is 1. The number of hydrogen-bond donors (Lipinski definition) is 2. The van der Waals surface area contributed by atoms with Crippen molar-refractivity contribution in [2.45, 2.75) is 58.1 Å². The average molecular weight is 265 g/mol. The third kappa shape index (κ3) is 4.05. The third-order valence-corrected chi connectivity index (χ3v) is 3.99. The molecular weight excluding hydrogens is 238 g/mol. The van der Waals surface area contributed by atoms with Crippen LogP contribution in [0.2, 0.25) is 0 Å². The van der Waals surface area contributed by atoms with Crippen LogP contribution in [0.3, 0.4) is 0 Å². The van der Waals surface area contributed by atoms with Crippen molar-refractivity contribution in [1.82, 2.24) is 15.3 Å². The van der Waals surface area contributed by atoms with E-state index in [2.05, 4.69) is 22.2 Å². The van der Waals surface area contributed by atoms with Gasteiger partial charge >= 0.3 is 0 Å². The summed E-state index contributed by atoms with van der Waals surface area (Å²) in [6.45, 7) is 4.09. The van der Waals surface area contributed by atoms with Gasteiger partial charge in [-0.3, -0.25) is 0 Å². The van der Waals surface area contributed by atoms with Crippen LogP contribution in [0.15, 0.2) is 6.20 Å². The van der Waals surface area contributed by atoms with Crippen LogP contribution in [-0.4, -0.2) is 23.6 Å². The first-order valence-electron chi connectivity index (χ1n) is 7.62. The summed E-state index contributed by atoms with van der Waals surface area (Å²) in [6, 6.07) is 0. The molecule has 0 radical (unpaired) electrons. The Hall–Kier alpha value is -0.870. The highest BCUT2D eigenvalue weighted by molar-refractivity contribution is 5.05. The molecule has 0 aromatic carbocycles. The largest absolute Gasteiger partial charge is 0.373 e. The number of aromatic nitrogens is 2. The lowest BCUT2D eigenvalue weighted by Gasteiger charge is -2.27. The van der Waals surface area contributed by atoms with E-state index in [0.717, 1.165) is 31.0 Å². The van der Waals surface area contributed by atoms with E-state index >= 15 is 0 Å². The second-order valence-corrected chi connectivity index (χ2v) is 5.52. The van der Waals surface area contributed by atoms with Crippen LogP contribution in [0.25, 0.3) is 0 Å². The molecule has 0 bridgehead atoms. The van der Waals surface area contributed by atoms with Crippen molar-refractivity contribution < 1.29 is 4.74 Å². The lowest BCUT2D eigenvalue weighted by atomic mass is 9.85. The minimum Gasteiger partial charge on any atom is -0.373 e. The summed E-state index contributed by atoms with van der Waals surface area (Å²) in [4.78, 5) is 7.94. The smallest absolute Gasteiger partial charge is 0.135 e. The molecule has 4 nitrogen and oxygen atoms in total. The Balaban J connectivity index is 1.94. The van der Waals surface area contributed by atoms with E-state index in [1.54, 1.807) is 7.11 Å². The Kier molecular flexibility index (Phi) is 5.86. The summed E-state index contributed by atoms with van der Waals surface area (Å²) < 4.78 is 5.70. The molecule has 108 valence electrons. The first-order chi connectivity index (χ1) is 9.35. The van der Waals surface area contributed by atoms with Gasteiger partial charge < -0.3 is 15.0 Å². The van der Waals surface area contributed by atoms with Gasteiger partial charge in [-0.2, -0.15) is 0 Å². The number of aromatic amines is 1. The molecule has 19 heavy (non-hydrogen) atoms. The molecule has 1 saturated carbocycles. The third-order valence-electron chi connectivity index (χ3n) is 3.99. The summed E-state index contributed by atoms with van der Waals surface area (Å²) in [6.07, 6.45) is 9.80.